The molecule has 1 aromatic carbocycles. The van der Waals surface area contributed by atoms with Crippen LogP contribution in [-0.2, 0) is 22.5 Å². The Morgan fingerprint density at radius 2 is 1.81 bits per heavy atom. The first-order chi connectivity index (χ1) is 12.2. The molecule has 1 N–H and O–H groups in total. The number of carbonyl (C=O) groups excluding carboxylic acids is 3. The highest BCUT2D eigenvalue weighted by Gasteiger charge is 2.25. The van der Waals surface area contributed by atoms with Crippen molar-refractivity contribution in [3.63, 3.8) is 0 Å². The van der Waals surface area contributed by atoms with Crippen LogP contribution in [0.5, 0.6) is 0 Å². The quantitative estimate of drug-likeness (QED) is 0.620. The Bertz CT molecular complexity index is 840. The number of hydrogen-bond acceptors (Lipinski definition) is 4. The Hall–Kier alpha value is -2.60. The van der Waals surface area contributed by atoms with E-state index in [2.05, 4.69) is 4.98 Å². The van der Waals surface area contributed by atoms with E-state index in [9.17, 15) is 14.4 Å². The molecule has 138 valence electrons. The predicted molar refractivity (Wildman–Crippen MR) is 98.5 cm³/mol. The van der Waals surface area contributed by atoms with Gasteiger partial charge in [-0.3, -0.25) is 9.59 Å². The Kier molecular flexibility index (Phi) is 6.21. The average Bonchev–Trinajstić information content (AvgIpc) is 2.92. The second-order valence-electron chi connectivity index (χ2n) is 6.08. The van der Waals surface area contributed by atoms with E-state index in [1.807, 2.05) is 12.1 Å². The molecule has 26 heavy (non-hydrogen) atoms. The summed E-state index contributed by atoms with van der Waals surface area (Å²) in [6.45, 7) is 3.46. The largest absolute Gasteiger partial charge is 0.465 e. The molecule has 0 aliphatic carbocycles. The van der Waals surface area contributed by atoms with Crippen molar-refractivity contribution in [2.24, 2.45) is 0 Å². The first-order valence-corrected chi connectivity index (χ1v) is 8.41. The van der Waals surface area contributed by atoms with Crippen LogP contribution in [0.2, 0.25) is 5.02 Å². The highest BCUT2D eigenvalue weighted by atomic mass is 35.5. The second-order valence-corrected chi connectivity index (χ2v) is 6.52. The van der Waals surface area contributed by atoms with Crippen LogP contribution in [0.15, 0.2) is 24.3 Å². The van der Waals surface area contributed by atoms with E-state index in [0.29, 0.717) is 28.5 Å². The van der Waals surface area contributed by atoms with Gasteiger partial charge in [-0.1, -0.05) is 23.7 Å². The summed E-state index contributed by atoms with van der Waals surface area (Å²) in [6, 6.07) is 7.22. The van der Waals surface area contributed by atoms with Crippen LogP contribution >= 0.6 is 11.6 Å². The van der Waals surface area contributed by atoms with Gasteiger partial charge in [0.25, 0.3) is 0 Å². The molecule has 7 heteroatoms. The van der Waals surface area contributed by atoms with E-state index < -0.39 is 5.97 Å². The van der Waals surface area contributed by atoms with Gasteiger partial charge < -0.3 is 14.6 Å². The maximum atomic E-state index is 12.6. The third-order valence-electron chi connectivity index (χ3n) is 4.16. The van der Waals surface area contributed by atoms with Crippen molar-refractivity contribution < 1.29 is 19.1 Å². The molecule has 0 spiro atoms. The van der Waals surface area contributed by atoms with Crippen molar-refractivity contribution in [1.82, 2.24) is 9.88 Å². The van der Waals surface area contributed by atoms with Gasteiger partial charge in [-0.15, -0.1) is 0 Å². The number of aromatic amines is 1. The number of amides is 1. The van der Waals surface area contributed by atoms with Gasteiger partial charge in [-0.25, -0.2) is 4.79 Å². The molecule has 0 fully saturated rings. The summed E-state index contributed by atoms with van der Waals surface area (Å²) in [5.41, 5.74) is 2.37. The van der Waals surface area contributed by atoms with Gasteiger partial charge in [0.15, 0.2) is 5.78 Å². The van der Waals surface area contributed by atoms with Crippen molar-refractivity contribution in [2.75, 3.05) is 14.2 Å². The Morgan fingerprint density at radius 3 is 2.35 bits per heavy atom. The van der Waals surface area contributed by atoms with E-state index in [-0.39, 0.29) is 23.7 Å². The normalized spacial score (nSPS) is 10.5. The number of nitrogens with zero attached hydrogens (tertiary/aromatic N) is 1. The Labute approximate surface area is 157 Å². The number of nitrogens with one attached hydrogen (secondary N) is 1. The summed E-state index contributed by atoms with van der Waals surface area (Å²) in [6.07, 6.45) is -0.0390. The number of rotatable bonds is 6. The molecule has 0 saturated heterocycles. The SMILES string of the molecule is COC(=O)c1c(CC(=O)N(C)Cc2ccc(Cl)cc2)[nH]c(C(C)=O)c1C. The van der Waals surface area contributed by atoms with Crippen LogP contribution in [0.25, 0.3) is 0 Å². The number of ether oxygens (including phenoxy) is 1. The molecule has 0 atom stereocenters. The van der Waals surface area contributed by atoms with Crippen molar-refractivity contribution in [3.05, 3.63) is 57.4 Å². The summed E-state index contributed by atoms with van der Waals surface area (Å²) in [7, 11) is 2.94. The molecule has 0 saturated carbocycles. The van der Waals surface area contributed by atoms with Gasteiger partial charge in [0.1, 0.15) is 0 Å². The minimum absolute atomic E-state index is 0.0390. The highest BCUT2D eigenvalue weighted by molar-refractivity contribution is 6.30. The number of methoxy groups -OCH3 is 1. The number of ketones is 1. The average molecular weight is 377 g/mol. The maximum Gasteiger partial charge on any atom is 0.339 e. The number of aromatic nitrogens is 1. The predicted octanol–water partition coefficient (Wildman–Crippen LogP) is 3.17. The van der Waals surface area contributed by atoms with E-state index in [4.69, 9.17) is 16.3 Å². The first kappa shape index (κ1) is 19.7. The van der Waals surface area contributed by atoms with Gasteiger partial charge >= 0.3 is 5.97 Å². The minimum atomic E-state index is -0.575. The lowest BCUT2D eigenvalue weighted by molar-refractivity contribution is -0.129. The van der Waals surface area contributed by atoms with Crippen molar-refractivity contribution in [1.29, 1.82) is 0 Å². The Morgan fingerprint density at radius 1 is 1.19 bits per heavy atom. The molecule has 0 aliphatic rings. The third-order valence-corrected chi connectivity index (χ3v) is 4.41. The molecule has 1 amide bonds. The standard InChI is InChI=1S/C19H21ClN2O4/c1-11-17(19(25)26-4)15(21-18(11)12(2)23)9-16(24)22(3)10-13-5-7-14(20)8-6-13/h5-8,21H,9-10H2,1-4H3. The molecule has 1 aromatic heterocycles. The van der Waals surface area contributed by atoms with Crippen molar-refractivity contribution in [3.8, 4) is 0 Å². The van der Waals surface area contributed by atoms with Crippen LogP contribution in [0.4, 0.5) is 0 Å². The number of H-pyrrole nitrogens is 1. The van der Waals surface area contributed by atoms with Gasteiger partial charge in [0, 0.05) is 31.2 Å². The van der Waals surface area contributed by atoms with E-state index in [0.717, 1.165) is 5.56 Å². The Balaban J connectivity index is 2.22. The molecule has 0 bridgehead atoms. The van der Waals surface area contributed by atoms with E-state index in [1.54, 1.807) is 31.0 Å². The molecule has 2 aromatic rings. The van der Waals surface area contributed by atoms with Crippen LogP contribution in [-0.4, -0.2) is 41.7 Å². The number of hydrogen-bond donors (Lipinski definition) is 1. The number of benzene rings is 1. The maximum absolute atomic E-state index is 12.6. The fourth-order valence-electron chi connectivity index (χ4n) is 2.76. The molecule has 2 rings (SSSR count). The highest BCUT2D eigenvalue weighted by Crippen LogP contribution is 2.21. The van der Waals surface area contributed by atoms with E-state index in [1.165, 1.54) is 14.0 Å². The summed E-state index contributed by atoms with van der Waals surface area (Å²) < 4.78 is 4.79. The molecule has 0 aliphatic heterocycles. The fraction of sp³-hybridized carbons (Fsp3) is 0.316. The number of likely N-dealkylation sites (N-methyl/N-ethyl adjacent to an activating group) is 1. The molecule has 1 heterocycles. The van der Waals surface area contributed by atoms with Gasteiger partial charge in [0.2, 0.25) is 5.91 Å². The minimum Gasteiger partial charge on any atom is -0.465 e. The topological polar surface area (TPSA) is 79.5 Å². The zero-order valence-electron chi connectivity index (χ0n) is 15.2. The zero-order chi connectivity index (χ0) is 19.4. The number of Topliss-reactive ketones (excluding diaryl/α,β-unsaturated/α-hetero) is 1. The second kappa shape index (κ2) is 8.19. The number of halogens is 1. The first-order valence-electron chi connectivity index (χ1n) is 8.03. The van der Waals surface area contributed by atoms with Crippen molar-refractivity contribution in [2.45, 2.75) is 26.8 Å². The molecule has 0 radical (unpaired) electrons. The van der Waals surface area contributed by atoms with Crippen LogP contribution < -0.4 is 0 Å². The lowest BCUT2D eigenvalue weighted by atomic mass is 10.1. The fourth-order valence-corrected chi connectivity index (χ4v) is 2.89. The number of esters is 1. The molecule has 0 unspecified atom stereocenters. The molecular formula is C19H21ClN2O4. The van der Waals surface area contributed by atoms with Gasteiger partial charge in [0.05, 0.1) is 24.8 Å². The van der Waals surface area contributed by atoms with Crippen molar-refractivity contribution >= 4 is 29.3 Å². The van der Waals surface area contributed by atoms with Gasteiger partial charge in [-0.2, -0.15) is 0 Å². The molecular weight excluding hydrogens is 356 g/mol. The lowest BCUT2D eigenvalue weighted by Crippen LogP contribution is -2.28. The third kappa shape index (κ3) is 4.32. The monoisotopic (exact) mass is 376 g/mol. The smallest absolute Gasteiger partial charge is 0.339 e. The lowest BCUT2D eigenvalue weighted by Gasteiger charge is -2.17. The van der Waals surface area contributed by atoms with Crippen LogP contribution in [0, 0.1) is 6.92 Å². The summed E-state index contributed by atoms with van der Waals surface area (Å²) in [5.74, 6) is -0.975. The summed E-state index contributed by atoms with van der Waals surface area (Å²) >= 11 is 5.87. The zero-order valence-corrected chi connectivity index (χ0v) is 15.9. The van der Waals surface area contributed by atoms with E-state index >= 15 is 0 Å². The van der Waals surface area contributed by atoms with Crippen LogP contribution in [0.3, 0.4) is 0 Å². The summed E-state index contributed by atoms with van der Waals surface area (Å²) in [5, 5.41) is 0.629. The molecule has 6 nitrogen and oxygen atoms in total. The number of carbonyl (C=O) groups is 3. The summed E-state index contributed by atoms with van der Waals surface area (Å²) in [4.78, 5) is 40.9. The van der Waals surface area contributed by atoms with Crippen LogP contribution in [0.1, 0.15) is 44.6 Å². The van der Waals surface area contributed by atoms with Gasteiger partial charge in [-0.05, 0) is 30.2 Å².